The van der Waals surface area contributed by atoms with Crippen molar-refractivity contribution in [3.05, 3.63) is 35.9 Å². The zero-order chi connectivity index (χ0) is 11.1. The zero-order valence-corrected chi connectivity index (χ0v) is 9.66. The summed E-state index contributed by atoms with van der Waals surface area (Å²) >= 11 is 0. The number of Topliss-reactive ketones (excluding diaryl/α,β-unsaturated/α-hetero) is 1. The van der Waals surface area contributed by atoms with Gasteiger partial charge in [0.2, 0.25) is 0 Å². The van der Waals surface area contributed by atoms with E-state index in [1.165, 1.54) is 0 Å². The van der Waals surface area contributed by atoms with Crippen molar-refractivity contribution in [1.29, 1.82) is 0 Å². The number of ketones is 1. The first kappa shape index (κ1) is 10.4. The molecular weight excluding hydrogens is 184 g/mol. The highest BCUT2D eigenvalue weighted by atomic mass is 16.1. The van der Waals surface area contributed by atoms with Gasteiger partial charge in [0.25, 0.3) is 0 Å². The SMILES string of the molecule is CC(C)(C)C1CC1C(=O)c1ccccc1. The Morgan fingerprint density at radius 3 is 2.27 bits per heavy atom. The van der Waals surface area contributed by atoms with E-state index in [9.17, 15) is 4.79 Å². The first-order chi connectivity index (χ1) is 7.00. The molecule has 1 aromatic carbocycles. The van der Waals surface area contributed by atoms with Gasteiger partial charge in [0.05, 0.1) is 0 Å². The number of benzene rings is 1. The summed E-state index contributed by atoms with van der Waals surface area (Å²) in [5.74, 6) is 1.17. The third-order valence-electron chi connectivity index (χ3n) is 3.30. The van der Waals surface area contributed by atoms with Crippen LogP contribution in [0.2, 0.25) is 0 Å². The Balaban J connectivity index is 2.07. The van der Waals surface area contributed by atoms with Gasteiger partial charge in [0.15, 0.2) is 5.78 Å². The van der Waals surface area contributed by atoms with Gasteiger partial charge in [-0.05, 0) is 17.8 Å². The summed E-state index contributed by atoms with van der Waals surface area (Å²) < 4.78 is 0. The van der Waals surface area contributed by atoms with Crippen LogP contribution in [0.15, 0.2) is 30.3 Å². The fraction of sp³-hybridized carbons (Fsp3) is 0.500. The Bertz CT molecular complexity index is 359. The highest BCUT2D eigenvalue weighted by molar-refractivity contribution is 5.99. The minimum absolute atomic E-state index is 0.271. The van der Waals surface area contributed by atoms with Crippen molar-refractivity contribution >= 4 is 5.78 Å². The normalized spacial score (nSPS) is 25.0. The quantitative estimate of drug-likeness (QED) is 0.670. The predicted molar refractivity (Wildman–Crippen MR) is 61.8 cm³/mol. The topological polar surface area (TPSA) is 17.1 Å². The number of hydrogen-bond acceptors (Lipinski definition) is 1. The van der Waals surface area contributed by atoms with Crippen molar-refractivity contribution in [1.82, 2.24) is 0 Å². The molecule has 2 unspecified atom stereocenters. The van der Waals surface area contributed by atoms with Crippen molar-refractivity contribution in [2.75, 3.05) is 0 Å². The van der Waals surface area contributed by atoms with Crippen LogP contribution in [0.5, 0.6) is 0 Å². The molecule has 0 aliphatic heterocycles. The largest absolute Gasteiger partial charge is 0.294 e. The van der Waals surface area contributed by atoms with E-state index >= 15 is 0 Å². The standard InChI is InChI=1S/C14H18O/c1-14(2,3)12-9-11(12)13(15)10-7-5-4-6-8-10/h4-8,11-12H,9H2,1-3H3. The van der Waals surface area contributed by atoms with Crippen LogP contribution in [-0.4, -0.2) is 5.78 Å². The highest BCUT2D eigenvalue weighted by Gasteiger charge is 2.49. The van der Waals surface area contributed by atoms with Crippen molar-refractivity contribution in [3.8, 4) is 0 Å². The molecule has 0 bridgehead atoms. The molecule has 1 saturated carbocycles. The van der Waals surface area contributed by atoms with Crippen LogP contribution >= 0.6 is 0 Å². The Morgan fingerprint density at radius 1 is 1.20 bits per heavy atom. The molecule has 1 fully saturated rings. The minimum Gasteiger partial charge on any atom is -0.294 e. The van der Waals surface area contributed by atoms with Crippen LogP contribution in [0.1, 0.15) is 37.6 Å². The lowest BCUT2D eigenvalue weighted by atomic mass is 9.87. The van der Waals surface area contributed by atoms with Gasteiger partial charge in [-0.15, -0.1) is 0 Å². The summed E-state index contributed by atoms with van der Waals surface area (Å²) in [5.41, 5.74) is 1.14. The monoisotopic (exact) mass is 202 g/mol. The van der Waals surface area contributed by atoms with E-state index in [1.807, 2.05) is 30.3 Å². The van der Waals surface area contributed by atoms with E-state index in [1.54, 1.807) is 0 Å². The van der Waals surface area contributed by atoms with E-state index in [0.717, 1.165) is 12.0 Å². The van der Waals surface area contributed by atoms with Crippen molar-refractivity contribution < 1.29 is 4.79 Å². The maximum Gasteiger partial charge on any atom is 0.166 e. The molecule has 0 saturated heterocycles. The molecule has 0 heterocycles. The van der Waals surface area contributed by atoms with E-state index in [-0.39, 0.29) is 11.3 Å². The second-order valence-corrected chi connectivity index (χ2v) is 5.54. The lowest BCUT2D eigenvalue weighted by molar-refractivity contribution is 0.0949. The average molecular weight is 202 g/mol. The number of rotatable bonds is 2. The van der Waals surface area contributed by atoms with Gasteiger partial charge in [-0.25, -0.2) is 0 Å². The Labute approximate surface area is 91.5 Å². The Morgan fingerprint density at radius 2 is 1.80 bits per heavy atom. The van der Waals surface area contributed by atoms with E-state index in [2.05, 4.69) is 20.8 Å². The molecule has 2 rings (SSSR count). The van der Waals surface area contributed by atoms with Crippen LogP contribution in [0.3, 0.4) is 0 Å². The summed E-state index contributed by atoms with van der Waals surface area (Å²) in [5, 5.41) is 0. The van der Waals surface area contributed by atoms with E-state index < -0.39 is 0 Å². The fourth-order valence-corrected chi connectivity index (χ4v) is 2.26. The minimum atomic E-state index is 0.271. The van der Waals surface area contributed by atoms with Crippen LogP contribution < -0.4 is 0 Å². The van der Waals surface area contributed by atoms with Gasteiger partial charge in [-0.1, -0.05) is 51.1 Å². The summed E-state index contributed by atoms with van der Waals surface area (Å²) in [7, 11) is 0. The first-order valence-corrected chi connectivity index (χ1v) is 5.59. The average Bonchev–Trinajstić information content (AvgIpc) is 2.97. The third-order valence-corrected chi connectivity index (χ3v) is 3.30. The molecule has 1 heteroatoms. The van der Waals surface area contributed by atoms with Gasteiger partial charge in [0, 0.05) is 11.5 Å². The van der Waals surface area contributed by atoms with Gasteiger partial charge in [0.1, 0.15) is 0 Å². The maximum atomic E-state index is 12.1. The second-order valence-electron chi connectivity index (χ2n) is 5.54. The van der Waals surface area contributed by atoms with Gasteiger partial charge < -0.3 is 0 Å². The molecule has 0 amide bonds. The summed E-state index contributed by atoms with van der Waals surface area (Å²) in [6, 6.07) is 9.65. The van der Waals surface area contributed by atoms with Crippen LogP contribution in [0.4, 0.5) is 0 Å². The van der Waals surface area contributed by atoms with Crippen LogP contribution in [0.25, 0.3) is 0 Å². The van der Waals surface area contributed by atoms with E-state index in [0.29, 0.717) is 11.7 Å². The maximum absolute atomic E-state index is 12.1. The molecule has 0 spiro atoms. The number of hydrogen-bond donors (Lipinski definition) is 0. The third kappa shape index (κ3) is 2.11. The molecule has 2 atom stereocenters. The lowest BCUT2D eigenvalue weighted by Crippen LogP contribution is -2.13. The molecule has 1 aromatic rings. The number of carbonyl (C=O) groups excluding carboxylic acids is 1. The van der Waals surface area contributed by atoms with Crippen molar-refractivity contribution in [2.45, 2.75) is 27.2 Å². The van der Waals surface area contributed by atoms with Gasteiger partial charge in [-0.3, -0.25) is 4.79 Å². The summed E-state index contributed by atoms with van der Waals surface area (Å²) in [6.45, 7) is 6.65. The van der Waals surface area contributed by atoms with Gasteiger partial charge >= 0.3 is 0 Å². The smallest absolute Gasteiger partial charge is 0.166 e. The molecule has 0 radical (unpaired) electrons. The molecule has 15 heavy (non-hydrogen) atoms. The molecular formula is C14H18O. The van der Waals surface area contributed by atoms with Gasteiger partial charge in [-0.2, -0.15) is 0 Å². The van der Waals surface area contributed by atoms with E-state index in [4.69, 9.17) is 0 Å². The first-order valence-electron chi connectivity index (χ1n) is 5.59. The summed E-state index contributed by atoms with van der Waals surface area (Å²) in [6.07, 6.45) is 1.07. The molecule has 80 valence electrons. The Hall–Kier alpha value is -1.11. The zero-order valence-electron chi connectivity index (χ0n) is 9.66. The summed E-state index contributed by atoms with van der Waals surface area (Å²) in [4.78, 5) is 12.1. The fourth-order valence-electron chi connectivity index (χ4n) is 2.26. The predicted octanol–water partition coefficient (Wildman–Crippen LogP) is 3.55. The van der Waals surface area contributed by atoms with Crippen LogP contribution in [-0.2, 0) is 0 Å². The molecule has 1 aliphatic carbocycles. The molecule has 0 N–H and O–H groups in total. The highest BCUT2D eigenvalue weighted by Crippen LogP contribution is 2.51. The Kier molecular flexibility index (Phi) is 2.41. The molecule has 0 aromatic heterocycles. The molecule has 1 nitrogen and oxygen atoms in total. The van der Waals surface area contributed by atoms with Crippen molar-refractivity contribution in [3.63, 3.8) is 0 Å². The van der Waals surface area contributed by atoms with Crippen LogP contribution in [0, 0.1) is 17.3 Å². The molecule has 1 aliphatic rings. The number of carbonyl (C=O) groups is 1. The van der Waals surface area contributed by atoms with Crippen molar-refractivity contribution in [2.24, 2.45) is 17.3 Å². The second kappa shape index (κ2) is 3.48. The lowest BCUT2D eigenvalue weighted by Gasteiger charge is -2.17.